The monoisotopic (exact) mass is 327 g/mol. The molecule has 5 nitrogen and oxygen atoms in total. The van der Waals surface area contributed by atoms with E-state index in [0.29, 0.717) is 12.5 Å². The first-order valence-corrected chi connectivity index (χ1v) is 8.18. The second-order valence-electron chi connectivity index (χ2n) is 5.76. The maximum Gasteiger partial charge on any atom is 0.191 e. The number of benzene rings is 1. The standard InChI is InChI=1S/C18H22FN5/c19-15-4-6-17(7-5-15)23-11-13-24(14-12-23)18(20)22-10-8-16-3-1-2-9-21-16/h1-7,9H,8,10-14H2,(H2,20,22). The molecule has 3 rings (SSSR count). The normalized spacial score (nSPS) is 15.6. The minimum Gasteiger partial charge on any atom is -0.370 e. The predicted octanol–water partition coefficient (Wildman–Crippen LogP) is 1.90. The van der Waals surface area contributed by atoms with Gasteiger partial charge in [0.1, 0.15) is 5.82 Å². The van der Waals surface area contributed by atoms with E-state index in [9.17, 15) is 4.39 Å². The van der Waals surface area contributed by atoms with E-state index in [0.717, 1.165) is 44.0 Å². The molecule has 0 bridgehead atoms. The first kappa shape index (κ1) is 16.2. The third kappa shape index (κ3) is 4.22. The van der Waals surface area contributed by atoms with Gasteiger partial charge in [-0.05, 0) is 36.4 Å². The number of pyridine rings is 1. The summed E-state index contributed by atoms with van der Waals surface area (Å²) in [5.74, 6) is 0.381. The van der Waals surface area contributed by atoms with Gasteiger partial charge in [0.25, 0.3) is 0 Å². The molecule has 0 amide bonds. The van der Waals surface area contributed by atoms with Crippen LogP contribution in [0.4, 0.5) is 10.1 Å². The molecule has 1 aliphatic rings. The number of anilines is 1. The van der Waals surface area contributed by atoms with Gasteiger partial charge in [-0.1, -0.05) is 6.07 Å². The quantitative estimate of drug-likeness (QED) is 0.688. The van der Waals surface area contributed by atoms with E-state index in [1.807, 2.05) is 30.3 Å². The fraction of sp³-hybridized carbons (Fsp3) is 0.333. The van der Waals surface area contributed by atoms with E-state index in [4.69, 9.17) is 5.73 Å². The van der Waals surface area contributed by atoms with Crippen LogP contribution in [0.3, 0.4) is 0 Å². The fourth-order valence-corrected chi connectivity index (χ4v) is 2.78. The Bertz CT molecular complexity index is 664. The number of hydrogen-bond donors (Lipinski definition) is 1. The molecule has 0 atom stereocenters. The van der Waals surface area contributed by atoms with Gasteiger partial charge in [0.05, 0.1) is 0 Å². The highest BCUT2D eigenvalue weighted by Gasteiger charge is 2.18. The van der Waals surface area contributed by atoms with Crippen LogP contribution in [0.25, 0.3) is 0 Å². The van der Waals surface area contributed by atoms with E-state index in [-0.39, 0.29) is 5.82 Å². The summed E-state index contributed by atoms with van der Waals surface area (Å²) in [4.78, 5) is 13.1. The molecule has 0 unspecified atom stereocenters. The first-order valence-electron chi connectivity index (χ1n) is 8.18. The van der Waals surface area contributed by atoms with Crippen molar-refractivity contribution in [2.24, 2.45) is 10.7 Å². The van der Waals surface area contributed by atoms with Crippen molar-refractivity contribution in [2.45, 2.75) is 6.42 Å². The number of nitrogens with two attached hydrogens (primary N) is 1. The number of piperazine rings is 1. The number of nitrogens with zero attached hydrogens (tertiary/aromatic N) is 4. The summed E-state index contributed by atoms with van der Waals surface area (Å²) < 4.78 is 13.0. The van der Waals surface area contributed by atoms with Crippen LogP contribution in [0.1, 0.15) is 5.69 Å². The summed E-state index contributed by atoms with van der Waals surface area (Å²) in [5.41, 5.74) is 8.17. The number of halogens is 1. The van der Waals surface area contributed by atoms with Crippen molar-refractivity contribution in [2.75, 3.05) is 37.6 Å². The molecule has 0 radical (unpaired) electrons. The Morgan fingerprint density at radius 3 is 2.50 bits per heavy atom. The Kier molecular flexibility index (Phi) is 5.25. The van der Waals surface area contributed by atoms with Crippen molar-refractivity contribution >= 4 is 11.6 Å². The van der Waals surface area contributed by atoms with Crippen LogP contribution >= 0.6 is 0 Å². The molecule has 0 saturated carbocycles. The molecule has 1 fully saturated rings. The first-order chi connectivity index (χ1) is 11.7. The Morgan fingerprint density at radius 1 is 1.08 bits per heavy atom. The lowest BCUT2D eigenvalue weighted by Gasteiger charge is -2.36. The summed E-state index contributed by atoms with van der Waals surface area (Å²) in [6, 6.07) is 12.5. The van der Waals surface area contributed by atoms with Crippen molar-refractivity contribution in [3.8, 4) is 0 Å². The van der Waals surface area contributed by atoms with Crippen molar-refractivity contribution < 1.29 is 4.39 Å². The molecule has 0 aliphatic carbocycles. The zero-order valence-corrected chi connectivity index (χ0v) is 13.6. The Balaban J connectivity index is 1.48. The highest BCUT2D eigenvalue weighted by atomic mass is 19.1. The van der Waals surface area contributed by atoms with Gasteiger partial charge in [-0.15, -0.1) is 0 Å². The van der Waals surface area contributed by atoms with Crippen molar-refractivity contribution in [3.05, 3.63) is 60.2 Å². The van der Waals surface area contributed by atoms with Gasteiger partial charge in [0, 0.05) is 56.7 Å². The van der Waals surface area contributed by atoms with Gasteiger partial charge in [0.2, 0.25) is 0 Å². The molecule has 1 aliphatic heterocycles. The largest absolute Gasteiger partial charge is 0.370 e. The van der Waals surface area contributed by atoms with Crippen LogP contribution in [0.2, 0.25) is 0 Å². The number of rotatable bonds is 4. The fourth-order valence-electron chi connectivity index (χ4n) is 2.78. The number of aromatic nitrogens is 1. The summed E-state index contributed by atoms with van der Waals surface area (Å²) in [5, 5.41) is 0. The van der Waals surface area contributed by atoms with Crippen LogP contribution in [0.15, 0.2) is 53.7 Å². The lowest BCUT2D eigenvalue weighted by molar-refractivity contribution is 0.381. The molecule has 1 aromatic heterocycles. The molecule has 2 heterocycles. The van der Waals surface area contributed by atoms with Crippen LogP contribution in [-0.4, -0.2) is 48.6 Å². The van der Waals surface area contributed by atoms with Crippen molar-refractivity contribution in [1.82, 2.24) is 9.88 Å². The lowest BCUT2D eigenvalue weighted by Crippen LogP contribution is -2.51. The topological polar surface area (TPSA) is 57.8 Å². The van der Waals surface area contributed by atoms with Crippen molar-refractivity contribution in [1.29, 1.82) is 0 Å². The molecule has 126 valence electrons. The lowest BCUT2D eigenvalue weighted by atomic mass is 10.2. The van der Waals surface area contributed by atoms with Gasteiger partial charge in [0.15, 0.2) is 5.96 Å². The van der Waals surface area contributed by atoms with Gasteiger partial charge in [-0.2, -0.15) is 0 Å². The second-order valence-corrected chi connectivity index (χ2v) is 5.76. The van der Waals surface area contributed by atoms with E-state index in [1.165, 1.54) is 12.1 Å². The summed E-state index contributed by atoms with van der Waals surface area (Å²) in [6.07, 6.45) is 2.58. The van der Waals surface area contributed by atoms with Crippen LogP contribution in [0, 0.1) is 5.82 Å². The highest BCUT2D eigenvalue weighted by Crippen LogP contribution is 2.16. The zero-order valence-electron chi connectivity index (χ0n) is 13.6. The number of aliphatic imine (C=N–C) groups is 1. The Hall–Kier alpha value is -2.63. The molecule has 2 N–H and O–H groups in total. The number of guanidine groups is 1. The molecule has 1 aromatic carbocycles. The van der Waals surface area contributed by atoms with Crippen LogP contribution in [0.5, 0.6) is 0 Å². The number of hydrogen-bond acceptors (Lipinski definition) is 3. The van der Waals surface area contributed by atoms with E-state index in [1.54, 1.807) is 6.20 Å². The third-order valence-corrected chi connectivity index (χ3v) is 4.16. The summed E-state index contributed by atoms with van der Waals surface area (Å²) in [7, 11) is 0. The zero-order chi connectivity index (χ0) is 16.8. The second kappa shape index (κ2) is 7.77. The van der Waals surface area contributed by atoms with Crippen LogP contribution < -0.4 is 10.6 Å². The van der Waals surface area contributed by atoms with Gasteiger partial charge in [-0.3, -0.25) is 9.98 Å². The van der Waals surface area contributed by atoms with Gasteiger partial charge in [-0.25, -0.2) is 4.39 Å². The summed E-state index contributed by atoms with van der Waals surface area (Å²) in [6.45, 7) is 3.97. The highest BCUT2D eigenvalue weighted by molar-refractivity contribution is 5.78. The molecular formula is C18H22FN5. The maximum absolute atomic E-state index is 13.0. The average Bonchev–Trinajstić information content (AvgIpc) is 2.63. The average molecular weight is 327 g/mol. The molecule has 6 heteroatoms. The third-order valence-electron chi connectivity index (χ3n) is 4.16. The summed E-state index contributed by atoms with van der Waals surface area (Å²) >= 11 is 0. The van der Waals surface area contributed by atoms with E-state index < -0.39 is 0 Å². The minimum atomic E-state index is -0.207. The Labute approximate surface area is 141 Å². The molecule has 2 aromatic rings. The molecule has 0 spiro atoms. The minimum absolute atomic E-state index is 0.207. The van der Waals surface area contributed by atoms with E-state index >= 15 is 0 Å². The predicted molar refractivity (Wildman–Crippen MR) is 94.6 cm³/mol. The Morgan fingerprint density at radius 2 is 1.83 bits per heavy atom. The van der Waals surface area contributed by atoms with Crippen molar-refractivity contribution in [3.63, 3.8) is 0 Å². The van der Waals surface area contributed by atoms with Gasteiger partial charge < -0.3 is 15.5 Å². The van der Waals surface area contributed by atoms with Crippen LogP contribution in [-0.2, 0) is 6.42 Å². The molecule has 1 saturated heterocycles. The van der Waals surface area contributed by atoms with Gasteiger partial charge >= 0.3 is 0 Å². The maximum atomic E-state index is 13.0. The van der Waals surface area contributed by atoms with E-state index in [2.05, 4.69) is 19.8 Å². The SMILES string of the molecule is NC(=NCCc1ccccn1)N1CCN(c2ccc(F)cc2)CC1. The smallest absolute Gasteiger partial charge is 0.191 e. The molecule has 24 heavy (non-hydrogen) atoms. The molecular weight excluding hydrogens is 305 g/mol.